The van der Waals surface area contributed by atoms with Gasteiger partial charge in [0.25, 0.3) is 5.56 Å². The van der Waals surface area contributed by atoms with E-state index in [1.54, 1.807) is 18.5 Å². The Morgan fingerprint density at radius 2 is 1.78 bits per heavy atom. The number of nitrogens with one attached hydrogen (secondary N) is 1. The van der Waals surface area contributed by atoms with Gasteiger partial charge in [-0.3, -0.25) is 9.78 Å². The monoisotopic (exact) mass is 358 g/mol. The second-order valence-electron chi connectivity index (χ2n) is 6.29. The molecule has 0 amide bonds. The third-order valence-electron chi connectivity index (χ3n) is 4.36. The van der Waals surface area contributed by atoms with Gasteiger partial charge in [-0.1, -0.05) is 23.8 Å². The van der Waals surface area contributed by atoms with Gasteiger partial charge in [0.05, 0.1) is 17.3 Å². The molecule has 6 nitrogen and oxygen atoms in total. The van der Waals surface area contributed by atoms with E-state index >= 15 is 0 Å². The molecule has 0 aliphatic heterocycles. The molecule has 0 saturated heterocycles. The summed E-state index contributed by atoms with van der Waals surface area (Å²) in [5.41, 5.74) is 9.13. The predicted octanol–water partition coefficient (Wildman–Crippen LogP) is 3.54. The van der Waals surface area contributed by atoms with Gasteiger partial charge in [0, 0.05) is 23.7 Å². The second kappa shape index (κ2) is 7.01. The number of ether oxygens (including phenoxy) is 1. The van der Waals surface area contributed by atoms with Crippen LogP contribution in [0.25, 0.3) is 21.9 Å². The molecule has 134 valence electrons. The third kappa shape index (κ3) is 3.43. The minimum absolute atomic E-state index is 0.233. The van der Waals surface area contributed by atoms with Crippen LogP contribution in [0.5, 0.6) is 11.5 Å². The predicted molar refractivity (Wildman–Crippen MR) is 105 cm³/mol. The minimum Gasteiger partial charge on any atom is -0.456 e. The summed E-state index contributed by atoms with van der Waals surface area (Å²) in [6, 6.07) is 15.3. The lowest BCUT2D eigenvalue weighted by Crippen LogP contribution is -2.13. The lowest BCUT2D eigenvalue weighted by molar-refractivity contribution is 0.480. The number of rotatable bonds is 4. The number of aromatic amines is 1. The van der Waals surface area contributed by atoms with E-state index in [4.69, 9.17) is 10.5 Å². The Bertz CT molecular complexity index is 1170. The lowest BCUT2D eigenvalue weighted by atomic mass is 10.0. The summed E-state index contributed by atoms with van der Waals surface area (Å²) in [7, 11) is 0. The summed E-state index contributed by atoms with van der Waals surface area (Å²) in [6.45, 7) is 2.27. The van der Waals surface area contributed by atoms with Gasteiger partial charge in [-0.25, -0.2) is 5.10 Å². The standard InChI is InChI=1S/C21H18N4O2/c1-13-2-5-16(6-3-13)27-17-8-15(11-23-12-17)14-4-7-18-19(9-14)20(10-22)24-25-21(18)26/h2-9,11-12H,10,22H2,1H3,(H,25,26). The van der Waals surface area contributed by atoms with Crippen molar-refractivity contribution in [1.82, 2.24) is 15.2 Å². The van der Waals surface area contributed by atoms with Crippen LogP contribution in [-0.4, -0.2) is 15.2 Å². The van der Waals surface area contributed by atoms with Crippen molar-refractivity contribution in [1.29, 1.82) is 0 Å². The number of nitrogens with two attached hydrogens (primary N) is 1. The van der Waals surface area contributed by atoms with Crippen molar-refractivity contribution in [3.63, 3.8) is 0 Å². The minimum atomic E-state index is -0.233. The summed E-state index contributed by atoms with van der Waals surface area (Å²) >= 11 is 0. The van der Waals surface area contributed by atoms with E-state index in [2.05, 4.69) is 15.2 Å². The Hall–Kier alpha value is -3.51. The van der Waals surface area contributed by atoms with Gasteiger partial charge in [-0.05, 0) is 42.8 Å². The topological polar surface area (TPSA) is 93.9 Å². The van der Waals surface area contributed by atoms with Crippen molar-refractivity contribution in [3.8, 4) is 22.6 Å². The van der Waals surface area contributed by atoms with Crippen LogP contribution in [0.1, 0.15) is 11.3 Å². The molecule has 2 aromatic heterocycles. The van der Waals surface area contributed by atoms with E-state index in [0.29, 0.717) is 16.8 Å². The largest absolute Gasteiger partial charge is 0.456 e. The normalized spacial score (nSPS) is 10.9. The van der Waals surface area contributed by atoms with E-state index in [1.165, 1.54) is 5.56 Å². The van der Waals surface area contributed by atoms with Gasteiger partial charge in [0.2, 0.25) is 0 Å². The molecule has 27 heavy (non-hydrogen) atoms. The molecule has 4 aromatic rings. The van der Waals surface area contributed by atoms with Crippen molar-refractivity contribution in [2.45, 2.75) is 13.5 Å². The van der Waals surface area contributed by atoms with Gasteiger partial charge >= 0.3 is 0 Å². The molecular weight excluding hydrogens is 340 g/mol. The van der Waals surface area contributed by atoms with Crippen LogP contribution >= 0.6 is 0 Å². The molecular formula is C21H18N4O2. The zero-order chi connectivity index (χ0) is 18.8. The summed E-state index contributed by atoms with van der Waals surface area (Å²) in [4.78, 5) is 16.3. The molecule has 0 spiro atoms. The van der Waals surface area contributed by atoms with Crippen LogP contribution in [0.2, 0.25) is 0 Å². The van der Waals surface area contributed by atoms with Gasteiger partial charge in [-0.15, -0.1) is 0 Å². The Morgan fingerprint density at radius 1 is 0.963 bits per heavy atom. The molecule has 3 N–H and O–H groups in total. The number of pyridine rings is 1. The molecule has 2 aromatic carbocycles. The average Bonchev–Trinajstić information content (AvgIpc) is 2.70. The summed E-state index contributed by atoms with van der Waals surface area (Å²) in [5, 5.41) is 7.82. The first-order valence-corrected chi connectivity index (χ1v) is 8.55. The van der Waals surface area contributed by atoms with Crippen molar-refractivity contribution < 1.29 is 4.74 Å². The molecule has 0 radical (unpaired) electrons. The van der Waals surface area contributed by atoms with Crippen LogP contribution in [0.4, 0.5) is 0 Å². The molecule has 0 atom stereocenters. The van der Waals surface area contributed by atoms with E-state index in [0.717, 1.165) is 22.3 Å². The number of benzene rings is 2. The number of hydrogen-bond donors (Lipinski definition) is 2. The van der Waals surface area contributed by atoms with E-state index in [-0.39, 0.29) is 12.1 Å². The highest BCUT2D eigenvalue weighted by Gasteiger charge is 2.09. The maximum atomic E-state index is 12.0. The molecule has 2 heterocycles. The Morgan fingerprint density at radius 3 is 2.56 bits per heavy atom. The fourth-order valence-electron chi connectivity index (χ4n) is 2.93. The first-order chi connectivity index (χ1) is 13.1. The van der Waals surface area contributed by atoms with Crippen LogP contribution in [0.3, 0.4) is 0 Å². The second-order valence-corrected chi connectivity index (χ2v) is 6.29. The van der Waals surface area contributed by atoms with Crippen molar-refractivity contribution in [2.75, 3.05) is 0 Å². The summed E-state index contributed by atoms with van der Waals surface area (Å²) in [6.07, 6.45) is 3.42. The molecule has 0 fully saturated rings. The van der Waals surface area contributed by atoms with Crippen molar-refractivity contribution >= 4 is 10.8 Å². The van der Waals surface area contributed by atoms with E-state index in [9.17, 15) is 4.79 Å². The highest BCUT2D eigenvalue weighted by Crippen LogP contribution is 2.28. The fourth-order valence-corrected chi connectivity index (χ4v) is 2.93. The number of aryl methyl sites for hydroxylation is 1. The van der Waals surface area contributed by atoms with Crippen LogP contribution < -0.4 is 16.0 Å². The van der Waals surface area contributed by atoms with Crippen LogP contribution in [-0.2, 0) is 6.54 Å². The first kappa shape index (κ1) is 16.9. The Kier molecular flexibility index (Phi) is 4.40. The summed E-state index contributed by atoms with van der Waals surface area (Å²) in [5.74, 6) is 1.39. The average molecular weight is 358 g/mol. The quantitative estimate of drug-likeness (QED) is 0.582. The molecule has 4 rings (SSSR count). The third-order valence-corrected chi connectivity index (χ3v) is 4.36. The highest BCUT2D eigenvalue weighted by molar-refractivity contribution is 5.88. The van der Waals surface area contributed by atoms with Gasteiger partial charge < -0.3 is 10.5 Å². The maximum absolute atomic E-state index is 12.0. The van der Waals surface area contributed by atoms with Crippen LogP contribution in [0.15, 0.2) is 65.7 Å². The number of fused-ring (bicyclic) bond motifs is 1. The van der Waals surface area contributed by atoms with E-state index < -0.39 is 0 Å². The molecule has 0 saturated carbocycles. The van der Waals surface area contributed by atoms with Gasteiger partial charge in [0.1, 0.15) is 11.5 Å². The first-order valence-electron chi connectivity index (χ1n) is 8.55. The van der Waals surface area contributed by atoms with Crippen molar-refractivity contribution in [2.24, 2.45) is 5.73 Å². The summed E-state index contributed by atoms with van der Waals surface area (Å²) < 4.78 is 5.90. The zero-order valence-electron chi connectivity index (χ0n) is 14.8. The molecule has 6 heteroatoms. The van der Waals surface area contributed by atoms with Crippen molar-refractivity contribution in [3.05, 3.63) is 82.5 Å². The maximum Gasteiger partial charge on any atom is 0.272 e. The van der Waals surface area contributed by atoms with Gasteiger partial charge in [0.15, 0.2) is 0 Å². The van der Waals surface area contributed by atoms with Crippen LogP contribution in [0, 0.1) is 6.92 Å². The number of H-pyrrole nitrogens is 1. The Labute approximate surface area is 155 Å². The smallest absolute Gasteiger partial charge is 0.272 e. The molecule has 0 unspecified atom stereocenters. The van der Waals surface area contributed by atoms with E-state index in [1.807, 2.05) is 49.4 Å². The fraction of sp³-hybridized carbons (Fsp3) is 0.0952. The highest BCUT2D eigenvalue weighted by atomic mass is 16.5. The number of nitrogens with zero attached hydrogens (tertiary/aromatic N) is 2. The molecule has 0 aliphatic rings. The van der Waals surface area contributed by atoms with Gasteiger partial charge in [-0.2, -0.15) is 5.10 Å². The molecule has 0 bridgehead atoms. The SMILES string of the molecule is Cc1ccc(Oc2cncc(-c3ccc4c(=O)[nH]nc(CN)c4c3)c2)cc1. The number of aromatic nitrogens is 3. The molecule has 0 aliphatic carbocycles. The lowest BCUT2D eigenvalue weighted by Gasteiger charge is -2.09. The zero-order valence-corrected chi connectivity index (χ0v) is 14.8. The number of hydrogen-bond acceptors (Lipinski definition) is 5. The Balaban J connectivity index is 1.73.